The summed E-state index contributed by atoms with van der Waals surface area (Å²) in [5, 5.41) is 37.9. The molecule has 0 unspecified atom stereocenters. The van der Waals surface area contributed by atoms with Gasteiger partial charge in [-0.1, -0.05) is 13.2 Å². The van der Waals surface area contributed by atoms with Crippen LogP contribution in [0, 0.1) is 10.8 Å². The van der Waals surface area contributed by atoms with E-state index in [1.807, 2.05) is 0 Å². The monoisotopic (exact) mass is 362 g/mol. The summed E-state index contributed by atoms with van der Waals surface area (Å²) < 4.78 is 15.0. The molecule has 0 saturated carbocycles. The summed E-state index contributed by atoms with van der Waals surface area (Å²) in [5.41, 5.74) is -2.54. The topological polar surface area (TPSA) is 143 Å². The lowest BCUT2D eigenvalue weighted by atomic mass is 9.90. The van der Waals surface area contributed by atoms with Gasteiger partial charge in [-0.05, 0) is 0 Å². The molecule has 0 fully saturated rings. The van der Waals surface area contributed by atoms with Crippen molar-refractivity contribution >= 4 is 11.9 Å². The fourth-order valence-corrected chi connectivity index (χ4v) is 1.60. The fraction of sp³-hybridized carbons (Fsp3) is 0.625. The number of carbonyl (C=O) groups excluding carboxylic acids is 2. The van der Waals surface area contributed by atoms with E-state index < -0.39 is 49.2 Å². The summed E-state index contributed by atoms with van der Waals surface area (Å²) in [4.78, 5) is 22.3. The molecule has 0 aliphatic heterocycles. The van der Waals surface area contributed by atoms with E-state index in [9.17, 15) is 30.0 Å². The Kier molecular flexibility index (Phi) is 10.9. The van der Waals surface area contributed by atoms with E-state index in [0.29, 0.717) is 0 Å². The maximum Gasteiger partial charge on any atom is 0.330 e. The van der Waals surface area contributed by atoms with Crippen molar-refractivity contribution in [2.75, 3.05) is 52.9 Å². The summed E-state index contributed by atoms with van der Waals surface area (Å²) in [6.07, 6.45) is 1.88. The van der Waals surface area contributed by atoms with Crippen LogP contribution in [0.4, 0.5) is 0 Å². The van der Waals surface area contributed by atoms with Crippen LogP contribution in [0.3, 0.4) is 0 Å². The highest BCUT2D eigenvalue weighted by atomic mass is 16.5. The minimum absolute atomic E-state index is 0.235. The van der Waals surface area contributed by atoms with Gasteiger partial charge in [0.15, 0.2) is 0 Å². The van der Waals surface area contributed by atoms with Crippen LogP contribution < -0.4 is 0 Å². The molecule has 4 N–H and O–H groups in total. The Labute approximate surface area is 146 Å². The number of hydrogen-bond donors (Lipinski definition) is 4. The molecule has 0 aromatic carbocycles. The van der Waals surface area contributed by atoms with Gasteiger partial charge >= 0.3 is 11.9 Å². The van der Waals surface area contributed by atoms with Crippen molar-refractivity contribution in [3.63, 3.8) is 0 Å². The first-order valence-corrected chi connectivity index (χ1v) is 7.46. The smallest absolute Gasteiger partial charge is 0.330 e. The number of aliphatic hydroxyl groups is 4. The van der Waals surface area contributed by atoms with Crippen molar-refractivity contribution in [1.82, 2.24) is 0 Å². The molecule has 0 spiro atoms. The standard InChI is InChI=1S/C16H26O9/c1-3-13(21)24-11-15(5-17,6-18)9-23-10-16(7-19,8-20)12-25-14(22)4-2/h3-4,17-20H,1-2,5-12H2. The van der Waals surface area contributed by atoms with Crippen molar-refractivity contribution in [2.45, 2.75) is 0 Å². The second-order valence-corrected chi connectivity index (χ2v) is 5.75. The summed E-state index contributed by atoms with van der Waals surface area (Å²) in [5.74, 6) is -1.44. The van der Waals surface area contributed by atoms with E-state index in [1.54, 1.807) is 0 Å². The number of carbonyl (C=O) groups is 2. The Hall–Kier alpha value is -1.78. The van der Waals surface area contributed by atoms with Crippen molar-refractivity contribution in [3.05, 3.63) is 25.3 Å². The van der Waals surface area contributed by atoms with Crippen molar-refractivity contribution in [1.29, 1.82) is 0 Å². The normalized spacial score (nSPS) is 11.7. The maximum atomic E-state index is 11.1. The molecule has 9 heteroatoms. The molecule has 0 heterocycles. The molecular weight excluding hydrogens is 336 g/mol. The van der Waals surface area contributed by atoms with Gasteiger partial charge in [-0.3, -0.25) is 0 Å². The van der Waals surface area contributed by atoms with Crippen LogP contribution in [0.5, 0.6) is 0 Å². The van der Waals surface area contributed by atoms with Gasteiger partial charge in [-0.2, -0.15) is 0 Å². The Morgan fingerprint density at radius 3 is 1.28 bits per heavy atom. The van der Waals surface area contributed by atoms with Crippen LogP contribution in [0.25, 0.3) is 0 Å². The van der Waals surface area contributed by atoms with Crippen LogP contribution in [0.15, 0.2) is 25.3 Å². The molecule has 0 saturated heterocycles. The SMILES string of the molecule is C=CC(=O)OCC(CO)(CO)COCC(CO)(CO)COC(=O)C=C. The second-order valence-electron chi connectivity index (χ2n) is 5.75. The Morgan fingerprint density at radius 1 is 0.720 bits per heavy atom. The summed E-state index contributed by atoms with van der Waals surface area (Å²) in [6.45, 7) is 3.22. The zero-order valence-corrected chi connectivity index (χ0v) is 14.1. The average Bonchev–Trinajstić information content (AvgIpc) is 2.66. The van der Waals surface area contributed by atoms with Crippen LogP contribution >= 0.6 is 0 Å². The van der Waals surface area contributed by atoms with Gasteiger partial charge in [0.05, 0.1) is 50.5 Å². The molecule has 0 atom stereocenters. The zero-order chi connectivity index (χ0) is 19.3. The number of hydrogen-bond acceptors (Lipinski definition) is 9. The molecule has 0 rings (SSSR count). The van der Waals surface area contributed by atoms with Gasteiger partial charge in [0.1, 0.15) is 13.2 Å². The molecule has 144 valence electrons. The third kappa shape index (κ3) is 7.76. The number of esters is 2. The molecule has 0 bridgehead atoms. The third-order valence-electron chi connectivity index (χ3n) is 3.53. The molecule has 0 aromatic rings. The molecule has 0 radical (unpaired) electrons. The van der Waals surface area contributed by atoms with Gasteiger partial charge in [-0.25, -0.2) is 9.59 Å². The van der Waals surface area contributed by atoms with Crippen LogP contribution in [-0.4, -0.2) is 85.2 Å². The third-order valence-corrected chi connectivity index (χ3v) is 3.53. The van der Waals surface area contributed by atoms with Gasteiger partial charge in [-0.15, -0.1) is 0 Å². The molecule has 0 aliphatic carbocycles. The van der Waals surface area contributed by atoms with Crippen molar-refractivity contribution in [3.8, 4) is 0 Å². The largest absolute Gasteiger partial charge is 0.462 e. The first kappa shape index (κ1) is 23.2. The van der Waals surface area contributed by atoms with Crippen molar-refractivity contribution in [2.24, 2.45) is 10.8 Å². The highest BCUT2D eigenvalue weighted by molar-refractivity contribution is 5.81. The molecule has 0 aromatic heterocycles. The van der Waals surface area contributed by atoms with Gasteiger partial charge in [0.2, 0.25) is 0 Å². The molecule has 0 aliphatic rings. The lowest BCUT2D eigenvalue weighted by Crippen LogP contribution is -2.44. The minimum atomic E-state index is -1.27. The van der Waals surface area contributed by atoms with Crippen LogP contribution in [0.2, 0.25) is 0 Å². The summed E-state index contributed by atoms with van der Waals surface area (Å²) >= 11 is 0. The average molecular weight is 362 g/mol. The minimum Gasteiger partial charge on any atom is -0.462 e. The van der Waals surface area contributed by atoms with E-state index in [1.165, 1.54) is 0 Å². The number of aliphatic hydroxyl groups excluding tert-OH is 4. The maximum absolute atomic E-state index is 11.1. The lowest BCUT2D eigenvalue weighted by Gasteiger charge is -2.32. The molecule has 0 amide bonds. The van der Waals surface area contributed by atoms with E-state index in [2.05, 4.69) is 13.2 Å². The Balaban J connectivity index is 4.78. The lowest BCUT2D eigenvalue weighted by molar-refractivity contribution is -0.153. The van der Waals surface area contributed by atoms with E-state index in [-0.39, 0.29) is 26.4 Å². The highest BCUT2D eigenvalue weighted by Gasteiger charge is 2.35. The predicted octanol–water partition coefficient (Wildman–Crippen LogP) is -1.60. The van der Waals surface area contributed by atoms with Gasteiger partial charge < -0.3 is 34.6 Å². The van der Waals surface area contributed by atoms with Gasteiger partial charge in [0.25, 0.3) is 0 Å². The molecule has 9 nitrogen and oxygen atoms in total. The Morgan fingerprint density at radius 2 is 1.04 bits per heavy atom. The zero-order valence-electron chi connectivity index (χ0n) is 14.1. The summed E-state index contributed by atoms with van der Waals surface area (Å²) in [6, 6.07) is 0. The highest BCUT2D eigenvalue weighted by Crippen LogP contribution is 2.22. The van der Waals surface area contributed by atoms with E-state index in [0.717, 1.165) is 12.2 Å². The Bertz CT molecular complexity index is 399. The van der Waals surface area contributed by atoms with Crippen LogP contribution in [-0.2, 0) is 23.8 Å². The van der Waals surface area contributed by atoms with E-state index >= 15 is 0 Å². The molecule has 25 heavy (non-hydrogen) atoms. The van der Waals surface area contributed by atoms with Crippen molar-refractivity contribution < 1.29 is 44.2 Å². The predicted molar refractivity (Wildman–Crippen MR) is 86.3 cm³/mol. The first-order chi connectivity index (χ1) is 11.9. The van der Waals surface area contributed by atoms with E-state index in [4.69, 9.17) is 14.2 Å². The summed E-state index contributed by atoms with van der Waals surface area (Å²) in [7, 11) is 0. The quantitative estimate of drug-likeness (QED) is 0.212. The number of rotatable bonds is 14. The molecular formula is C16H26O9. The van der Waals surface area contributed by atoms with Crippen LogP contribution in [0.1, 0.15) is 0 Å². The van der Waals surface area contributed by atoms with Gasteiger partial charge in [0, 0.05) is 12.2 Å². The second kappa shape index (κ2) is 11.7. The first-order valence-electron chi connectivity index (χ1n) is 7.46. The number of ether oxygens (including phenoxy) is 3. The fourth-order valence-electron chi connectivity index (χ4n) is 1.60.